The van der Waals surface area contributed by atoms with E-state index in [1.54, 1.807) is 5.38 Å². The van der Waals surface area contributed by atoms with Gasteiger partial charge in [0.05, 0.1) is 41.2 Å². The summed E-state index contributed by atoms with van der Waals surface area (Å²) in [6.45, 7) is 7.29. The van der Waals surface area contributed by atoms with Crippen molar-refractivity contribution in [1.82, 2.24) is 15.0 Å². The first-order valence-electron chi connectivity index (χ1n) is 10.6. The molecule has 4 aromatic rings. The fraction of sp³-hybridized carbons (Fsp3) is 0.208. The number of halogens is 1. The normalized spacial score (nSPS) is 11.7. The molecule has 3 aromatic heterocycles. The number of thioether (sulfide) groups is 1. The van der Waals surface area contributed by atoms with E-state index in [-0.39, 0.29) is 23.7 Å². The third kappa shape index (κ3) is 5.85. The lowest BCUT2D eigenvalue weighted by molar-refractivity contribution is 0.0885. The predicted octanol–water partition coefficient (Wildman–Crippen LogP) is 5.56. The number of nitrogens with two attached hydrogens (primary N) is 1. The van der Waals surface area contributed by atoms with Gasteiger partial charge in [-0.3, -0.25) is 0 Å². The minimum absolute atomic E-state index is 0.0342. The minimum Gasteiger partial charge on any atom is -0.394 e. The molecule has 1 atom stereocenters. The number of nitrogen functional groups attached to an aromatic ring is 1. The van der Waals surface area contributed by atoms with Gasteiger partial charge in [-0.15, -0.1) is 22.7 Å². The summed E-state index contributed by atoms with van der Waals surface area (Å²) in [5.74, 6) is 0.496. The monoisotopic (exact) mass is 554 g/mol. The zero-order chi connectivity index (χ0) is 25.7. The number of thiazole rings is 2. The average Bonchev–Trinajstić information content (AvgIpc) is 3.56. The molecule has 182 valence electrons. The number of hydrogen-bond donors (Lipinski definition) is 3. The summed E-state index contributed by atoms with van der Waals surface area (Å²) < 4.78 is 0. The lowest BCUT2D eigenvalue weighted by Crippen LogP contribution is -2.12. The van der Waals surface area contributed by atoms with Crippen LogP contribution in [0.4, 0.5) is 11.5 Å². The van der Waals surface area contributed by atoms with Gasteiger partial charge in [-0.05, 0) is 18.6 Å². The fourth-order valence-corrected chi connectivity index (χ4v) is 6.05. The summed E-state index contributed by atoms with van der Waals surface area (Å²) in [5.41, 5.74) is 9.06. The van der Waals surface area contributed by atoms with E-state index in [0.717, 1.165) is 21.3 Å². The molecule has 0 aliphatic heterocycles. The van der Waals surface area contributed by atoms with Gasteiger partial charge in [-0.1, -0.05) is 35.5 Å². The summed E-state index contributed by atoms with van der Waals surface area (Å²) in [4.78, 5) is 17.1. The van der Waals surface area contributed by atoms with Gasteiger partial charge >= 0.3 is 0 Å². The number of rotatable bonds is 9. The number of benzene rings is 1. The van der Waals surface area contributed by atoms with E-state index in [4.69, 9.17) is 29.0 Å². The van der Waals surface area contributed by atoms with E-state index in [2.05, 4.69) is 25.9 Å². The number of pyridine rings is 1. The van der Waals surface area contributed by atoms with Crippen LogP contribution in [0.2, 0.25) is 5.02 Å². The van der Waals surface area contributed by atoms with Crippen LogP contribution in [0.1, 0.15) is 22.7 Å². The first-order chi connectivity index (χ1) is 17.4. The van der Waals surface area contributed by atoms with Crippen molar-refractivity contribution in [3.63, 3.8) is 0 Å². The summed E-state index contributed by atoms with van der Waals surface area (Å²) in [5, 5.41) is 35.0. The van der Waals surface area contributed by atoms with Gasteiger partial charge in [0.2, 0.25) is 5.69 Å². The molecule has 0 radical (unpaired) electrons. The smallest absolute Gasteiger partial charge is 0.238 e. The second kappa shape index (κ2) is 11.8. The van der Waals surface area contributed by atoms with Crippen molar-refractivity contribution in [3.8, 4) is 27.9 Å². The molecule has 0 amide bonds. The number of nitriles is 1. The van der Waals surface area contributed by atoms with E-state index in [1.165, 1.54) is 34.4 Å². The number of aryl methyl sites for hydroxylation is 1. The Balaban J connectivity index is 1.60. The number of aromatic nitrogens is 3. The third-order valence-corrected chi connectivity index (χ3v) is 8.21. The topological polar surface area (TPSA) is 133 Å². The molecule has 36 heavy (non-hydrogen) atoms. The van der Waals surface area contributed by atoms with Crippen molar-refractivity contribution < 1.29 is 10.2 Å². The minimum atomic E-state index is -0.823. The van der Waals surface area contributed by atoms with E-state index < -0.39 is 6.10 Å². The van der Waals surface area contributed by atoms with Crippen LogP contribution in [0.25, 0.3) is 26.7 Å². The van der Waals surface area contributed by atoms with Crippen LogP contribution in [0, 0.1) is 17.9 Å². The number of aliphatic hydroxyl groups is 2. The highest BCUT2D eigenvalue weighted by Crippen LogP contribution is 2.42. The molecule has 0 saturated heterocycles. The van der Waals surface area contributed by atoms with Crippen molar-refractivity contribution in [2.75, 3.05) is 12.3 Å². The number of nitrogens with zero attached hydrogens (tertiary/aromatic N) is 5. The van der Waals surface area contributed by atoms with Crippen molar-refractivity contribution in [3.05, 3.63) is 67.7 Å². The molecule has 0 bridgehead atoms. The van der Waals surface area contributed by atoms with Crippen molar-refractivity contribution in [1.29, 1.82) is 5.26 Å². The predicted molar refractivity (Wildman–Crippen MR) is 144 cm³/mol. The first-order valence-corrected chi connectivity index (χ1v) is 13.7. The van der Waals surface area contributed by atoms with Gasteiger partial charge in [0.25, 0.3) is 0 Å². The van der Waals surface area contributed by atoms with E-state index in [1.807, 2.05) is 29.6 Å². The van der Waals surface area contributed by atoms with Crippen LogP contribution in [0.3, 0.4) is 0 Å². The maximum Gasteiger partial charge on any atom is 0.238 e. The van der Waals surface area contributed by atoms with Crippen molar-refractivity contribution >= 4 is 57.5 Å². The van der Waals surface area contributed by atoms with Crippen LogP contribution in [-0.4, -0.2) is 37.9 Å². The largest absolute Gasteiger partial charge is 0.394 e. The van der Waals surface area contributed by atoms with Gasteiger partial charge in [-0.2, -0.15) is 5.26 Å². The highest BCUT2D eigenvalue weighted by atomic mass is 35.5. The summed E-state index contributed by atoms with van der Waals surface area (Å²) >= 11 is 10.2. The molecule has 0 saturated carbocycles. The Morgan fingerprint density at radius 3 is 2.67 bits per heavy atom. The van der Waals surface area contributed by atoms with Crippen LogP contribution < -0.4 is 5.73 Å². The van der Waals surface area contributed by atoms with Gasteiger partial charge in [-0.25, -0.2) is 19.8 Å². The van der Waals surface area contributed by atoms with Crippen LogP contribution in [0.15, 0.2) is 40.1 Å². The standard InChI is InChI=1S/C24H19ClN6O2S3/c1-28-21-20(18-12-34-19(30-18)7-6-16(33)9-32)17(8-26)24(31-22(21)27)36-11-15-10-35-23(29-15)13-2-4-14(25)5-3-13/h2-5,10,12,16,32-33H,6-7,9,11H2,(H2,27,31)/t16-/m0/s1. The van der Waals surface area contributed by atoms with Gasteiger partial charge in [0.1, 0.15) is 21.9 Å². The summed E-state index contributed by atoms with van der Waals surface area (Å²) in [6.07, 6.45) is -0.00435. The van der Waals surface area contributed by atoms with Gasteiger partial charge < -0.3 is 15.9 Å². The molecule has 4 N–H and O–H groups in total. The molecule has 0 fully saturated rings. The molecule has 0 aliphatic carbocycles. The Morgan fingerprint density at radius 2 is 1.97 bits per heavy atom. The lowest BCUT2D eigenvalue weighted by atomic mass is 10.1. The zero-order valence-electron chi connectivity index (χ0n) is 18.7. The van der Waals surface area contributed by atoms with Crippen molar-refractivity contribution in [2.24, 2.45) is 0 Å². The second-order valence-corrected chi connectivity index (χ2v) is 10.8. The third-order valence-electron chi connectivity index (χ3n) is 5.10. The number of hydrogen-bond acceptors (Lipinski definition) is 10. The second-order valence-electron chi connectivity index (χ2n) is 7.57. The SMILES string of the molecule is [C-]#[N+]c1c(N)nc(SCc2csc(-c3ccc(Cl)cc3)n2)c(C#N)c1-c1csc(CC[C@H](O)CO)n1. The molecule has 0 spiro atoms. The van der Waals surface area contributed by atoms with Gasteiger partial charge in [0.15, 0.2) is 0 Å². The molecule has 12 heteroatoms. The van der Waals surface area contributed by atoms with E-state index in [0.29, 0.717) is 39.9 Å². The Bertz CT molecular complexity index is 1460. The highest BCUT2D eigenvalue weighted by Gasteiger charge is 2.23. The number of aliphatic hydroxyl groups excluding tert-OH is 2. The zero-order valence-corrected chi connectivity index (χ0v) is 21.9. The molecule has 1 aromatic carbocycles. The maximum atomic E-state index is 10.0. The molecule has 0 unspecified atom stereocenters. The molecule has 3 heterocycles. The fourth-order valence-electron chi connectivity index (χ4n) is 3.30. The van der Waals surface area contributed by atoms with E-state index in [9.17, 15) is 10.4 Å². The summed E-state index contributed by atoms with van der Waals surface area (Å²) in [7, 11) is 0. The Hall–Kier alpha value is -3.03. The first kappa shape index (κ1) is 26.0. The Morgan fingerprint density at radius 1 is 1.19 bits per heavy atom. The van der Waals surface area contributed by atoms with Crippen LogP contribution >= 0.6 is 46.0 Å². The molecular weight excluding hydrogens is 536 g/mol. The Labute approximate surface area is 224 Å². The molecule has 0 aliphatic rings. The molecule has 8 nitrogen and oxygen atoms in total. The molecule has 4 rings (SSSR count). The quantitative estimate of drug-likeness (QED) is 0.181. The van der Waals surface area contributed by atoms with E-state index >= 15 is 0 Å². The Kier molecular flexibility index (Phi) is 8.54. The highest BCUT2D eigenvalue weighted by molar-refractivity contribution is 7.98. The average molecular weight is 555 g/mol. The lowest BCUT2D eigenvalue weighted by Gasteiger charge is -2.11. The maximum absolute atomic E-state index is 10.0. The van der Waals surface area contributed by atoms with Gasteiger partial charge in [0, 0.05) is 39.1 Å². The molecular formula is C24H19ClN6O2S3. The van der Waals surface area contributed by atoms with Crippen LogP contribution in [0.5, 0.6) is 0 Å². The number of anilines is 1. The summed E-state index contributed by atoms with van der Waals surface area (Å²) in [6, 6.07) is 9.64. The van der Waals surface area contributed by atoms with Crippen molar-refractivity contribution in [2.45, 2.75) is 29.7 Å². The van der Waals surface area contributed by atoms with Crippen LogP contribution in [-0.2, 0) is 12.2 Å².